The third-order valence-electron chi connectivity index (χ3n) is 2.52. The molecule has 19 heavy (non-hydrogen) atoms. The van der Waals surface area contributed by atoms with Crippen LogP contribution in [0.2, 0.25) is 0 Å². The number of nitrogens with one attached hydrogen (secondary N) is 1. The predicted molar refractivity (Wildman–Crippen MR) is 58.0 cm³/mol. The first-order valence-electron chi connectivity index (χ1n) is 5.69. The molecule has 1 rings (SSSR count). The molecule has 0 aliphatic carbocycles. The molecule has 0 aliphatic rings. The summed E-state index contributed by atoms with van der Waals surface area (Å²) in [5.41, 5.74) is -0.523. The summed E-state index contributed by atoms with van der Waals surface area (Å²) in [7, 11) is 0. The van der Waals surface area contributed by atoms with Gasteiger partial charge >= 0.3 is 6.18 Å². The fourth-order valence-electron chi connectivity index (χ4n) is 1.65. The van der Waals surface area contributed by atoms with Crippen molar-refractivity contribution in [1.82, 2.24) is 5.32 Å². The van der Waals surface area contributed by atoms with Crippen molar-refractivity contribution in [3.63, 3.8) is 0 Å². The molecule has 0 saturated carbocycles. The zero-order valence-electron chi connectivity index (χ0n) is 10.1. The topological polar surface area (TPSA) is 12.0 Å². The van der Waals surface area contributed by atoms with Gasteiger partial charge in [-0.05, 0) is 19.0 Å². The molecule has 1 N–H and O–H groups in total. The van der Waals surface area contributed by atoms with Gasteiger partial charge in [0.25, 0.3) is 0 Å². The molecular weight excluding hydrogens is 272 g/mol. The highest BCUT2D eigenvalue weighted by molar-refractivity contribution is 5.24. The van der Waals surface area contributed by atoms with Crippen LogP contribution in [0.4, 0.5) is 26.3 Å². The van der Waals surface area contributed by atoms with Gasteiger partial charge in [-0.2, -0.15) is 13.2 Å². The van der Waals surface area contributed by atoms with E-state index in [0.717, 1.165) is 6.07 Å². The van der Waals surface area contributed by atoms with Crippen LogP contribution in [0, 0.1) is 17.5 Å². The minimum Gasteiger partial charge on any atom is -0.310 e. The first-order chi connectivity index (χ1) is 8.76. The zero-order valence-corrected chi connectivity index (χ0v) is 10.1. The van der Waals surface area contributed by atoms with Crippen LogP contribution in [0.3, 0.4) is 0 Å². The summed E-state index contributed by atoms with van der Waals surface area (Å²) in [6, 6.07) is 0.00688. The molecule has 0 saturated heterocycles. The fraction of sp³-hybridized carbons (Fsp3) is 0.500. The Bertz CT molecular complexity index is 429. The van der Waals surface area contributed by atoms with E-state index >= 15 is 0 Å². The van der Waals surface area contributed by atoms with Crippen LogP contribution >= 0.6 is 0 Å². The van der Waals surface area contributed by atoms with Gasteiger partial charge in [0.2, 0.25) is 0 Å². The fourth-order valence-corrected chi connectivity index (χ4v) is 1.65. The van der Waals surface area contributed by atoms with E-state index in [9.17, 15) is 26.3 Å². The van der Waals surface area contributed by atoms with Crippen molar-refractivity contribution < 1.29 is 26.3 Å². The lowest BCUT2D eigenvalue weighted by Gasteiger charge is -2.21. The highest BCUT2D eigenvalue weighted by Crippen LogP contribution is 2.31. The van der Waals surface area contributed by atoms with Gasteiger partial charge in [0.05, 0.1) is 6.42 Å². The Balaban J connectivity index is 3.06. The number of hydrogen-bond donors (Lipinski definition) is 1. The van der Waals surface area contributed by atoms with Crippen molar-refractivity contribution in [2.75, 3.05) is 6.54 Å². The molecule has 1 nitrogen and oxygen atoms in total. The van der Waals surface area contributed by atoms with Gasteiger partial charge in [-0.3, -0.25) is 0 Å². The molecule has 1 unspecified atom stereocenters. The molecule has 0 heterocycles. The molecular formula is C12H13F6N. The SMILES string of the molecule is CCCNC(CC(F)(F)F)c1ccc(F)c(F)c1F. The van der Waals surface area contributed by atoms with Gasteiger partial charge in [0.1, 0.15) is 0 Å². The summed E-state index contributed by atoms with van der Waals surface area (Å²) in [4.78, 5) is 0. The number of benzene rings is 1. The molecule has 0 radical (unpaired) electrons. The zero-order chi connectivity index (χ0) is 14.6. The number of rotatable bonds is 5. The Morgan fingerprint density at radius 3 is 2.26 bits per heavy atom. The normalized spacial score (nSPS) is 13.6. The van der Waals surface area contributed by atoms with E-state index in [1.165, 1.54) is 0 Å². The van der Waals surface area contributed by atoms with Crippen LogP contribution in [0.15, 0.2) is 12.1 Å². The van der Waals surface area contributed by atoms with E-state index in [4.69, 9.17) is 0 Å². The van der Waals surface area contributed by atoms with Gasteiger partial charge < -0.3 is 5.32 Å². The second-order valence-electron chi connectivity index (χ2n) is 4.09. The number of alkyl halides is 3. The van der Waals surface area contributed by atoms with Crippen molar-refractivity contribution >= 4 is 0 Å². The maximum atomic E-state index is 13.5. The molecule has 0 aromatic heterocycles. The molecule has 7 heteroatoms. The Kier molecular flexibility index (Phi) is 5.22. The molecule has 0 aliphatic heterocycles. The van der Waals surface area contributed by atoms with E-state index in [0.29, 0.717) is 12.5 Å². The molecule has 0 spiro atoms. The number of hydrogen-bond acceptors (Lipinski definition) is 1. The van der Waals surface area contributed by atoms with Gasteiger partial charge in [-0.1, -0.05) is 13.0 Å². The lowest BCUT2D eigenvalue weighted by Crippen LogP contribution is -2.28. The maximum Gasteiger partial charge on any atom is 0.390 e. The number of halogens is 6. The minimum absolute atomic E-state index is 0.208. The van der Waals surface area contributed by atoms with Gasteiger partial charge in [0.15, 0.2) is 17.5 Å². The molecule has 1 aromatic carbocycles. The Hall–Kier alpha value is -1.24. The summed E-state index contributed by atoms with van der Waals surface area (Å²) in [6.07, 6.45) is -5.36. The maximum absolute atomic E-state index is 13.5. The lowest BCUT2D eigenvalue weighted by molar-refractivity contribution is -0.140. The highest BCUT2D eigenvalue weighted by Gasteiger charge is 2.34. The van der Waals surface area contributed by atoms with Gasteiger partial charge in [-0.25, -0.2) is 13.2 Å². The van der Waals surface area contributed by atoms with E-state index < -0.39 is 41.7 Å². The van der Waals surface area contributed by atoms with Crippen LogP contribution in [0.1, 0.15) is 31.4 Å². The Morgan fingerprint density at radius 2 is 1.74 bits per heavy atom. The second-order valence-corrected chi connectivity index (χ2v) is 4.09. The van der Waals surface area contributed by atoms with Gasteiger partial charge in [-0.15, -0.1) is 0 Å². The Morgan fingerprint density at radius 1 is 1.11 bits per heavy atom. The van der Waals surface area contributed by atoms with Crippen LogP contribution in [0.25, 0.3) is 0 Å². The monoisotopic (exact) mass is 285 g/mol. The highest BCUT2D eigenvalue weighted by atomic mass is 19.4. The molecule has 0 fully saturated rings. The standard InChI is InChI=1S/C12H13F6N/c1-2-5-19-9(6-12(16,17)18)7-3-4-8(13)11(15)10(7)14/h3-4,9,19H,2,5-6H2,1H3. The van der Waals surface area contributed by atoms with Crippen molar-refractivity contribution in [2.24, 2.45) is 0 Å². The second kappa shape index (κ2) is 6.27. The van der Waals surface area contributed by atoms with Crippen molar-refractivity contribution in [2.45, 2.75) is 32.0 Å². The third kappa shape index (κ3) is 4.41. The van der Waals surface area contributed by atoms with Crippen molar-refractivity contribution in [1.29, 1.82) is 0 Å². The Labute approximate surface area is 106 Å². The summed E-state index contributed by atoms with van der Waals surface area (Å²) in [5, 5.41) is 2.48. The van der Waals surface area contributed by atoms with Crippen LogP contribution in [-0.2, 0) is 0 Å². The van der Waals surface area contributed by atoms with E-state index in [2.05, 4.69) is 5.32 Å². The lowest BCUT2D eigenvalue weighted by atomic mass is 10.0. The average molecular weight is 285 g/mol. The largest absolute Gasteiger partial charge is 0.390 e. The first-order valence-corrected chi connectivity index (χ1v) is 5.69. The van der Waals surface area contributed by atoms with E-state index in [-0.39, 0.29) is 6.54 Å². The summed E-state index contributed by atoms with van der Waals surface area (Å²) < 4.78 is 76.5. The van der Waals surface area contributed by atoms with E-state index in [1.807, 2.05) is 0 Å². The van der Waals surface area contributed by atoms with Crippen LogP contribution < -0.4 is 5.32 Å². The molecule has 0 bridgehead atoms. The van der Waals surface area contributed by atoms with Gasteiger partial charge in [0, 0.05) is 11.6 Å². The summed E-state index contributed by atoms with van der Waals surface area (Å²) in [6.45, 7) is 1.93. The smallest absolute Gasteiger partial charge is 0.310 e. The molecule has 1 aromatic rings. The first kappa shape index (κ1) is 15.8. The van der Waals surface area contributed by atoms with Crippen LogP contribution in [-0.4, -0.2) is 12.7 Å². The molecule has 1 atom stereocenters. The average Bonchev–Trinajstić information content (AvgIpc) is 2.30. The van der Waals surface area contributed by atoms with Crippen LogP contribution in [0.5, 0.6) is 0 Å². The molecule has 0 amide bonds. The quantitative estimate of drug-likeness (QED) is 0.634. The third-order valence-corrected chi connectivity index (χ3v) is 2.52. The summed E-state index contributed by atoms with van der Waals surface area (Å²) >= 11 is 0. The minimum atomic E-state index is -4.54. The summed E-state index contributed by atoms with van der Waals surface area (Å²) in [5.74, 6) is -4.77. The predicted octanol–water partition coefficient (Wildman–Crippen LogP) is 4.10. The van der Waals surface area contributed by atoms with Crippen molar-refractivity contribution in [3.05, 3.63) is 35.1 Å². The van der Waals surface area contributed by atoms with E-state index in [1.54, 1.807) is 6.92 Å². The molecule has 108 valence electrons. The van der Waals surface area contributed by atoms with Crippen molar-refractivity contribution in [3.8, 4) is 0 Å².